The lowest BCUT2D eigenvalue weighted by molar-refractivity contribution is -0.137. The summed E-state index contributed by atoms with van der Waals surface area (Å²) in [5, 5.41) is 2.99. The zero-order chi connectivity index (χ0) is 23.2. The summed E-state index contributed by atoms with van der Waals surface area (Å²) in [5.41, 5.74) is 2.85. The molecule has 2 amide bonds. The first kappa shape index (κ1) is 21.8. The van der Waals surface area contributed by atoms with Gasteiger partial charge < -0.3 is 19.7 Å². The summed E-state index contributed by atoms with van der Waals surface area (Å²) in [6.07, 6.45) is 3.18. The average Bonchev–Trinajstić information content (AvgIpc) is 3.49. The van der Waals surface area contributed by atoms with Crippen LogP contribution < -0.4 is 14.8 Å². The van der Waals surface area contributed by atoms with Gasteiger partial charge in [0.25, 0.3) is 0 Å². The van der Waals surface area contributed by atoms with Crippen molar-refractivity contribution >= 4 is 17.5 Å². The maximum atomic E-state index is 13.4. The number of hydrogen-bond donors (Lipinski definition) is 1. The number of likely N-dealkylation sites (tertiary alicyclic amines) is 1. The lowest BCUT2D eigenvalue weighted by Crippen LogP contribution is -2.45. The lowest BCUT2D eigenvalue weighted by atomic mass is 9.84. The third kappa shape index (κ3) is 4.19. The summed E-state index contributed by atoms with van der Waals surface area (Å²) in [6, 6.07) is 14.0. The minimum absolute atomic E-state index is 0.000122. The van der Waals surface area contributed by atoms with E-state index in [0.29, 0.717) is 43.1 Å². The first-order valence-electron chi connectivity index (χ1n) is 11.9. The molecule has 2 fully saturated rings. The molecule has 6 heteroatoms. The molecule has 33 heavy (non-hydrogen) atoms. The number of anilines is 1. The van der Waals surface area contributed by atoms with Gasteiger partial charge >= 0.3 is 0 Å². The SMILES string of the molecule is CC(C)(C)c1ccc(C2(C(=O)N3CCC(C(=O)Nc4ccc5c(c4)OCO5)CC3)CC2)cc1. The number of nitrogens with zero attached hydrogens (tertiary/aromatic N) is 1. The summed E-state index contributed by atoms with van der Waals surface area (Å²) in [5.74, 6) is 1.47. The quantitative estimate of drug-likeness (QED) is 0.741. The molecule has 2 aliphatic heterocycles. The van der Waals surface area contributed by atoms with Crippen LogP contribution in [0, 0.1) is 5.92 Å². The maximum Gasteiger partial charge on any atom is 0.233 e. The zero-order valence-electron chi connectivity index (χ0n) is 19.6. The smallest absolute Gasteiger partial charge is 0.233 e. The molecule has 1 N–H and O–H groups in total. The van der Waals surface area contributed by atoms with Gasteiger partial charge in [0, 0.05) is 30.8 Å². The summed E-state index contributed by atoms with van der Waals surface area (Å²) in [6.45, 7) is 8.06. The van der Waals surface area contributed by atoms with Gasteiger partial charge in [0.2, 0.25) is 18.6 Å². The van der Waals surface area contributed by atoms with Gasteiger partial charge in [-0.1, -0.05) is 45.0 Å². The second-order valence-electron chi connectivity index (χ2n) is 10.5. The molecule has 0 radical (unpaired) electrons. The molecule has 0 bridgehead atoms. The predicted octanol–water partition coefficient (Wildman–Crippen LogP) is 4.62. The van der Waals surface area contributed by atoms with Crippen LogP contribution in [0.25, 0.3) is 0 Å². The highest BCUT2D eigenvalue weighted by atomic mass is 16.7. The van der Waals surface area contributed by atoms with Crippen LogP contribution in [0.2, 0.25) is 0 Å². The fraction of sp³-hybridized carbons (Fsp3) is 0.481. The minimum Gasteiger partial charge on any atom is -0.454 e. The highest BCUT2D eigenvalue weighted by Crippen LogP contribution is 2.50. The molecule has 2 aromatic rings. The molecule has 1 saturated carbocycles. The maximum absolute atomic E-state index is 13.4. The summed E-state index contributed by atoms with van der Waals surface area (Å²) < 4.78 is 10.7. The van der Waals surface area contributed by atoms with E-state index < -0.39 is 0 Å². The number of ether oxygens (including phenoxy) is 2. The Bertz CT molecular complexity index is 1060. The van der Waals surface area contributed by atoms with Crippen molar-refractivity contribution < 1.29 is 19.1 Å². The van der Waals surface area contributed by atoms with Crippen LogP contribution >= 0.6 is 0 Å². The molecular formula is C27H32N2O4. The van der Waals surface area contributed by atoms with Gasteiger partial charge in [-0.15, -0.1) is 0 Å². The van der Waals surface area contributed by atoms with Crippen molar-refractivity contribution in [3.8, 4) is 11.5 Å². The van der Waals surface area contributed by atoms with Crippen LogP contribution in [0.5, 0.6) is 11.5 Å². The van der Waals surface area contributed by atoms with E-state index in [1.165, 1.54) is 5.56 Å². The number of carbonyl (C=O) groups excluding carboxylic acids is 2. The van der Waals surface area contributed by atoms with E-state index in [2.05, 4.69) is 50.4 Å². The second kappa shape index (κ2) is 8.08. The number of benzene rings is 2. The highest BCUT2D eigenvalue weighted by Gasteiger charge is 2.53. The Hall–Kier alpha value is -3.02. The minimum atomic E-state index is -0.363. The van der Waals surface area contributed by atoms with Crippen molar-refractivity contribution in [2.75, 3.05) is 25.2 Å². The monoisotopic (exact) mass is 448 g/mol. The first-order valence-corrected chi connectivity index (χ1v) is 11.9. The van der Waals surface area contributed by atoms with Gasteiger partial charge in [0.1, 0.15) is 0 Å². The van der Waals surface area contributed by atoms with E-state index in [1.807, 2.05) is 17.0 Å². The van der Waals surface area contributed by atoms with Crippen molar-refractivity contribution in [1.29, 1.82) is 0 Å². The Morgan fingerprint density at radius 1 is 0.970 bits per heavy atom. The van der Waals surface area contributed by atoms with E-state index in [0.717, 1.165) is 18.4 Å². The molecule has 5 rings (SSSR count). The third-order valence-corrected chi connectivity index (χ3v) is 7.26. The topological polar surface area (TPSA) is 67.9 Å². The molecule has 2 aromatic carbocycles. The number of fused-ring (bicyclic) bond motifs is 1. The standard InChI is InChI=1S/C27H32N2O4/c1-26(2,3)19-4-6-20(7-5-19)27(12-13-27)25(31)29-14-10-18(11-15-29)24(30)28-21-8-9-22-23(16-21)33-17-32-22/h4-9,16,18H,10-15,17H2,1-3H3,(H,28,30). The Morgan fingerprint density at radius 3 is 2.27 bits per heavy atom. The van der Waals surface area contributed by atoms with Crippen LogP contribution in [0.1, 0.15) is 57.6 Å². The van der Waals surface area contributed by atoms with Gasteiger partial charge in [-0.2, -0.15) is 0 Å². The number of amides is 2. The Morgan fingerprint density at radius 2 is 1.64 bits per heavy atom. The van der Waals surface area contributed by atoms with Gasteiger partial charge in [-0.25, -0.2) is 0 Å². The highest BCUT2D eigenvalue weighted by molar-refractivity contribution is 5.94. The molecular weight excluding hydrogens is 416 g/mol. The normalized spacial score (nSPS) is 19.3. The molecule has 2 heterocycles. The fourth-order valence-corrected chi connectivity index (χ4v) is 4.91. The van der Waals surface area contributed by atoms with E-state index in [4.69, 9.17) is 9.47 Å². The van der Waals surface area contributed by atoms with Crippen LogP contribution in [0.15, 0.2) is 42.5 Å². The predicted molar refractivity (Wildman–Crippen MR) is 127 cm³/mol. The first-order chi connectivity index (χ1) is 15.8. The third-order valence-electron chi connectivity index (χ3n) is 7.26. The number of nitrogens with one attached hydrogen (secondary N) is 1. The lowest BCUT2D eigenvalue weighted by Gasteiger charge is -2.34. The molecule has 0 atom stereocenters. The second-order valence-corrected chi connectivity index (χ2v) is 10.5. The Balaban J connectivity index is 1.18. The van der Waals surface area contributed by atoms with Crippen molar-refractivity contribution in [3.05, 3.63) is 53.6 Å². The molecule has 0 spiro atoms. The van der Waals surface area contributed by atoms with E-state index >= 15 is 0 Å². The summed E-state index contributed by atoms with van der Waals surface area (Å²) in [4.78, 5) is 28.2. The van der Waals surface area contributed by atoms with Crippen LogP contribution in [-0.2, 0) is 20.4 Å². The van der Waals surface area contributed by atoms with Gasteiger partial charge in [-0.05, 0) is 54.4 Å². The van der Waals surface area contributed by atoms with Gasteiger partial charge in [0.05, 0.1) is 5.41 Å². The molecule has 1 aliphatic carbocycles. The molecule has 0 aromatic heterocycles. The van der Waals surface area contributed by atoms with Crippen LogP contribution in [0.3, 0.4) is 0 Å². The van der Waals surface area contributed by atoms with Crippen LogP contribution in [-0.4, -0.2) is 36.6 Å². The van der Waals surface area contributed by atoms with E-state index in [-0.39, 0.29) is 35.4 Å². The molecule has 1 saturated heterocycles. The Labute approximate surface area is 195 Å². The Kier molecular flexibility index (Phi) is 5.34. The molecule has 174 valence electrons. The number of piperidine rings is 1. The van der Waals surface area contributed by atoms with Crippen LogP contribution in [0.4, 0.5) is 5.69 Å². The number of carbonyl (C=O) groups is 2. The summed E-state index contributed by atoms with van der Waals surface area (Å²) >= 11 is 0. The van der Waals surface area contributed by atoms with Crippen molar-refractivity contribution in [2.45, 2.75) is 57.3 Å². The largest absolute Gasteiger partial charge is 0.454 e. The zero-order valence-corrected chi connectivity index (χ0v) is 19.6. The van der Waals surface area contributed by atoms with E-state index in [9.17, 15) is 9.59 Å². The molecule has 6 nitrogen and oxygen atoms in total. The van der Waals surface area contributed by atoms with Gasteiger partial charge in [0.15, 0.2) is 11.5 Å². The van der Waals surface area contributed by atoms with Crippen molar-refractivity contribution in [2.24, 2.45) is 5.92 Å². The number of rotatable bonds is 4. The average molecular weight is 449 g/mol. The van der Waals surface area contributed by atoms with E-state index in [1.54, 1.807) is 6.07 Å². The molecule has 0 unspecified atom stereocenters. The summed E-state index contributed by atoms with van der Waals surface area (Å²) in [7, 11) is 0. The fourth-order valence-electron chi connectivity index (χ4n) is 4.91. The van der Waals surface area contributed by atoms with Crippen molar-refractivity contribution in [3.63, 3.8) is 0 Å². The van der Waals surface area contributed by atoms with Crippen molar-refractivity contribution in [1.82, 2.24) is 4.90 Å². The molecule has 3 aliphatic rings. The number of hydrogen-bond acceptors (Lipinski definition) is 4. The van der Waals surface area contributed by atoms with Gasteiger partial charge in [-0.3, -0.25) is 9.59 Å².